The Morgan fingerprint density at radius 1 is 1.25 bits per heavy atom. The summed E-state index contributed by atoms with van der Waals surface area (Å²) in [6, 6.07) is 1.40. The molecule has 0 bridgehead atoms. The maximum atomic E-state index is 4.31. The van der Waals surface area contributed by atoms with E-state index >= 15 is 0 Å². The normalized spacial score (nSPS) is 20.8. The minimum absolute atomic E-state index is 0.621. The third-order valence-electron chi connectivity index (χ3n) is 2.54. The Labute approximate surface area is 85.2 Å². The van der Waals surface area contributed by atoms with Crippen LogP contribution in [-0.2, 0) is 0 Å². The molecule has 0 atom stereocenters. The zero-order chi connectivity index (χ0) is 8.97. The van der Waals surface area contributed by atoms with Crippen molar-refractivity contribution in [1.29, 1.82) is 0 Å². The predicted molar refractivity (Wildman–Crippen MR) is 60.4 cm³/mol. The summed E-state index contributed by atoms with van der Waals surface area (Å²) in [6.45, 7) is 4.50. The molecule has 72 valence electrons. The maximum absolute atomic E-state index is 4.31. The van der Waals surface area contributed by atoms with Gasteiger partial charge in [-0.3, -0.25) is 0 Å². The third kappa shape index (κ3) is 2.86. The van der Waals surface area contributed by atoms with Crippen LogP contribution in [-0.4, -0.2) is 16.4 Å². The Morgan fingerprint density at radius 3 is 2.25 bits per heavy atom. The van der Waals surface area contributed by atoms with Gasteiger partial charge in [-0.05, 0) is 37.7 Å². The molecule has 1 rings (SSSR count). The molecule has 1 nitrogen and oxygen atoms in total. The number of hydrogen-bond acceptors (Lipinski definition) is 3. The lowest BCUT2D eigenvalue weighted by molar-refractivity contribution is 0.241. The average Bonchev–Trinajstić information content (AvgIpc) is 2.07. The van der Waals surface area contributed by atoms with E-state index in [9.17, 15) is 0 Å². The first-order valence-electron chi connectivity index (χ1n) is 4.85. The average molecular weight is 205 g/mol. The third-order valence-corrected chi connectivity index (χ3v) is 4.01. The Morgan fingerprint density at radius 2 is 1.83 bits per heavy atom. The molecule has 0 saturated heterocycles. The molecule has 0 heterocycles. The van der Waals surface area contributed by atoms with Crippen LogP contribution in [0.3, 0.4) is 0 Å². The van der Waals surface area contributed by atoms with Crippen molar-refractivity contribution in [3.8, 4) is 0 Å². The van der Waals surface area contributed by atoms with E-state index in [-0.39, 0.29) is 0 Å². The van der Waals surface area contributed by atoms with Crippen molar-refractivity contribution in [1.82, 2.24) is 4.31 Å². The highest BCUT2D eigenvalue weighted by molar-refractivity contribution is 8.67. The van der Waals surface area contributed by atoms with E-state index in [0.717, 1.165) is 6.04 Å². The monoisotopic (exact) mass is 205 g/mol. The number of nitrogens with zero attached hydrogens (tertiary/aromatic N) is 1. The van der Waals surface area contributed by atoms with Crippen LogP contribution >= 0.6 is 22.6 Å². The smallest absolute Gasteiger partial charge is 0.0213 e. The molecule has 0 amide bonds. The van der Waals surface area contributed by atoms with Crippen molar-refractivity contribution in [2.24, 2.45) is 0 Å². The van der Waals surface area contributed by atoms with Crippen LogP contribution in [0.15, 0.2) is 0 Å². The Hall–Kier alpha value is 0.660. The zero-order valence-corrected chi connectivity index (χ0v) is 9.70. The summed E-state index contributed by atoms with van der Waals surface area (Å²) >= 11 is 4.31. The number of rotatable bonds is 3. The summed E-state index contributed by atoms with van der Waals surface area (Å²) in [5.74, 6) is 0. The van der Waals surface area contributed by atoms with Crippen molar-refractivity contribution in [2.75, 3.05) is 0 Å². The number of thiol groups is 1. The lowest BCUT2D eigenvalue weighted by atomic mass is 9.95. The van der Waals surface area contributed by atoms with Gasteiger partial charge in [0.2, 0.25) is 0 Å². The fraction of sp³-hybridized carbons (Fsp3) is 1.00. The van der Waals surface area contributed by atoms with Crippen LogP contribution in [0.5, 0.6) is 0 Å². The van der Waals surface area contributed by atoms with Gasteiger partial charge in [-0.15, -0.1) is 0 Å². The highest BCUT2D eigenvalue weighted by Gasteiger charge is 2.22. The summed E-state index contributed by atoms with van der Waals surface area (Å²) in [5, 5.41) is 0. The first-order chi connectivity index (χ1) is 5.75. The molecule has 0 spiro atoms. The lowest BCUT2D eigenvalue weighted by Crippen LogP contribution is -2.35. The molecule has 12 heavy (non-hydrogen) atoms. The molecule has 0 radical (unpaired) electrons. The predicted octanol–water partition coefficient (Wildman–Crippen LogP) is 3.52. The molecule has 1 aliphatic rings. The summed E-state index contributed by atoms with van der Waals surface area (Å²) < 4.78 is 2.43. The van der Waals surface area contributed by atoms with Crippen molar-refractivity contribution in [3.63, 3.8) is 0 Å². The SMILES string of the molecule is CC(C)N(SS)C1CCCCC1. The van der Waals surface area contributed by atoms with Gasteiger partial charge in [0.1, 0.15) is 0 Å². The molecule has 1 aliphatic carbocycles. The first kappa shape index (κ1) is 10.7. The summed E-state index contributed by atoms with van der Waals surface area (Å²) in [5.41, 5.74) is 0. The van der Waals surface area contributed by atoms with E-state index in [0.29, 0.717) is 6.04 Å². The second kappa shape index (κ2) is 5.40. The Kier molecular flexibility index (Phi) is 4.84. The van der Waals surface area contributed by atoms with Crippen molar-refractivity contribution >= 4 is 22.6 Å². The van der Waals surface area contributed by atoms with Crippen molar-refractivity contribution < 1.29 is 0 Å². The van der Waals surface area contributed by atoms with Crippen LogP contribution in [0.4, 0.5) is 0 Å². The maximum Gasteiger partial charge on any atom is 0.0213 e. The summed E-state index contributed by atoms with van der Waals surface area (Å²) in [7, 11) is 1.61. The highest BCUT2D eigenvalue weighted by Crippen LogP contribution is 2.30. The minimum Gasteiger partial charge on any atom is -0.236 e. The van der Waals surface area contributed by atoms with Gasteiger partial charge in [-0.25, -0.2) is 4.31 Å². The Balaban J connectivity index is 2.40. The molecule has 0 aromatic carbocycles. The second-order valence-electron chi connectivity index (χ2n) is 3.83. The van der Waals surface area contributed by atoms with Gasteiger partial charge in [0.15, 0.2) is 0 Å². The van der Waals surface area contributed by atoms with Gasteiger partial charge in [0.05, 0.1) is 0 Å². The quantitative estimate of drug-likeness (QED) is 0.426. The van der Waals surface area contributed by atoms with E-state index in [2.05, 4.69) is 29.8 Å². The molecular weight excluding hydrogens is 186 g/mol. The second-order valence-corrected chi connectivity index (χ2v) is 4.90. The van der Waals surface area contributed by atoms with E-state index < -0.39 is 0 Å². The first-order valence-corrected chi connectivity index (χ1v) is 6.68. The van der Waals surface area contributed by atoms with E-state index in [1.807, 2.05) is 0 Å². The summed E-state index contributed by atoms with van der Waals surface area (Å²) in [4.78, 5) is 0. The van der Waals surface area contributed by atoms with Crippen molar-refractivity contribution in [3.05, 3.63) is 0 Å². The standard InChI is InChI=1S/C9H19NS2/c1-8(2)10(12-11)9-6-4-3-5-7-9/h8-9,11H,3-7H2,1-2H3. The molecule has 0 unspecified atom stereocenters. The minimum atomic E-state index is 0.621. The molecule has 1 fully saturated rings. The molecule has 0 aromatic heterocycles. The topological polar surface area (TPSA) is 3.24 Å². The Bertz CT molecular complexity index is 122. The van der Waals surface area contributed by atoms with Gasteiger partial charge in [-0.1, -0.05) is 30.9 Å². The van der Waals surface area contributed by atoms with Crippen molar-refractivity contribution in [2.45, 2.75) is 58.0 Å². The fourth-order valence-corrected chi connectivity index (χ4v) is 3.42. The van der Waals surface area contributed by atoms with E-state index in [4.69, 9.17) is 0 Å². The largest absolute Gasteiger partial charge is 0.236 e. The van der Waals surface area contributed by atoms with Gasteiger partial charge in [0, 0.05) is 12.1 Å². The van der Waals surface area contributed by atoms with Gasteiger partial charge >= 0.3 is 0 Å². The van der Waals surface area contributed by atoms with Crippen LogP contribution in [0.1, 0.15) is 46.0 Å². The van der Waals surface area contributed by atoms with Gasteiger partial charge < -0.3 is 0 Å². The molecule has 3 heteroatoms. The molecular formula is C9H19NS2. The fourth-order valence-electron chi connectivity index (χ4n) is 1.92. The molecule has 0 aromatic rings. The summed E-state index contributed by atoms with van der Waals surface area (Å²) in [6.07, 6.45) is 6.97. The molecule has 0 aliphatic heterocycles. The van der Waals surface area contributed by atoms with Gasteiger partial charge in [0.25, 0.3) is 0 Å². The molecule has 1 saturated carbocycles. The molecule has 0 N–H and O–H groups in total. The highest BCUT2D eigenvalue weighted by atomic mass is 33.1. The van der Waals surface area contributed by atoms with Crippen LogP contribution in [0.25, 0.3) is 0 Å². The van der Waals surface area contributed by atoms with Crippen LogP contribution < -0.4 is 0 Å². The van der Waals surface area contributed by atoms with E-state index in [1.54, 1.807) is 11.0 Å². The number of hydrogen-bond donors (Lipinski definition) is 1. The zero-order valence-electron chi connectivity index (χ0n) is 7.99. The van der Waals surface area contributed by atoms with Crippen LogP contribution in [0.2, 0.25) is 0 Å². The lowest BCUT2D eigenvalue weighted by Gasteiger charge is -2.34. The van der Waals surface area contributed by atoms with Crippen LogP contribution in [0, 0.1) is 0 Å². The van der Waals surface area contributed by atoms with Gasteiger partial charge in [-0.2, -0.15) is 0 Å². The van der Waals surface area contributed by atoms with E-state index in [1.165, 1.54) is 32.1 Å².